The van der Waals surface area contributed by atoms with E-state index in [1.165, 1.54) is 15.6 Å². The lowest BCUT2D eigenvalue weighted by Gasteiger charge is -2.03. The second-order valence-electron chi connectivity index (χ2n) is 3.38. The van der Waals surface area contributed by atoms with Gasteiger partial charge in [-0.15, -0.1) is 0 Å². The largest absolute Gasteiger partial charge is 0.398 e. The molecule has 0 aliphatic heterocycles. The molecule has 15 heavy (non-hydrogen) atoms. The number of anilines is 1. The predicted octanol–water partition coefficient (Wildman–Crippen LogP) is 0.212. The molecule has 0 bridgehead atoms. The summed E-state index contributed by atoms with van der Waals surface area (Å²) in [5.74, 6) is 0. The van der Waals surface area contributed by atoms with Crippen molar-refractivity contribution in [2.45, 2.75) is 6.54 Å². The van der Waals surface area contributed by atoms with E-state index in [0.29, 0.717) is 12.2 Å². The van der Waals surface area contributed by atoms with Crippen LogP contribution in [-0.2, 0) is 13.6 Å². The molecule has 0 fully saturated rings. The van der Waals surface area contributed by atoms with Crippen LogP contribution in [0, 0.1) is 0 Å². The summed E-state index contributed by atoms with van der Waals surface area (Å²) in [5, 5.41) is 3.96. The van der Waals surface area contributed by atoms with Crippen molar-refractivity contribution in [1.29, 1.82) is 0 Å². The lowest BCUT2D eigenvalue weighted by molar-refractivity contribution is 0.648. The summed E-state index contributed by atoms with van der Waals surface area (Å²) in [7, 11) is 1.67. The van der Waals surface area contributed by atoms with E-state index in [9.17, 15) is 4.79 Å². The first-order valence-corrected chi connectivity index (χ1v) is 4.60. The van der Waals surface area contributed by atoms with E-state index in [1.807, 2.05) is 24.3 Å². The molecule has 0 radical (unpaired) electrons. The fourth-order valence-electron chi connectivity index (χ4n) is 1.37. The molecule has 1 aromatic carbocycles. The molecule has 0 atom stereocenters. The van der Waals surface area contributed by atoms with Gasteiger partial charge >= 0.3 is 5.69 Å². The number of aromatic nitrogens is 3. The summed E-state index contributed by atoms with van der Waals surface area (Å²) in [5.41, 5.74) is 7.21. The number of nitrogen functional groups attached to an aromatic ring is 1. The number of benzene rings is 1. The van der Waals surface area contributed by atoms with Crippen molar-refractivity contribution >= 4 is 5.69 Å². The van der Waals surface area contributed by atoms with Crippen molar-refractivity contribution in [1.82, 2.24) is 14.3 Å². The molecule has 0 aliphatic rings. The molecule has 0 amide bonds. The van der Waals surface area contributed by atoms with Gasteiger partial charge in [-0.1, -0.05) is 18.2 Å². The zero-order valence-electron chi connectivity index (χ0n) is 8.42. The number of nitrogens with zero attached hydrogens (tertiary/aromatic N) is 3. The van der Waals surface area contributed by atoms with Crippen molar-refractivity contribution in [2.75, 3.05) is 5.73 Å². The highest BCUT2D eigenvalue weighted by molar-refractivity contribution is 5.46. The molecule has 78 valence electrons. The van der Waals surface area contributed by atoms with Gasteiger partial charge in [-0.3, -0.25) is 4.57 Å². The number of aryl methyl sites for hydroxylation is 1. The lowest BCUT2D eigenvalue weighted by atomic mass is 10.2. The third-order valence-electron chi connectivity index (χ3n) is 2.26. The highest BCUT2D eigenvalue weighted by Crippen LogP contribution is 2.10. The van der Waals surface area contributed by atoms with E-state index in [-0.39, 0.29) is 5.69 Å². The normalized spacial score (nSPS) is 10.5. The standard InChI is InChI=1S/C10H12N4O/c1-13-7-12-14(10(13)15)6-8-4-2-3-5-9(8)11/h2-5,7H,6,11H2,1H3. The maximum Gasteiger partial charge on any atom is 0.345 e. The summed E-state index contributed by atoms with van der Waals surface area (Å²) in [6.07, 6.45) is 1.49. The van der Waals surface area contributed by atoms with Crippen molar-refractivity contribution in [3.63, 3.8) is 0 Å². The molecule has 0 spiro atoms. The Morgan fingerprint density at radius 1 is 1.40 bits per heavy atom. The van der Waals surface area contributed by atoms with E-state index in [0.717, 1.165) is 5.56 Å². The summed E-state index contributed by atoms with van der Waals surface area (Å²) >= 11 is 0. The number of para-hydroxylation sites is 1. The molecule has 2 N–H and O–H groups in total. The number of rotatable bonds is 2. The fourth-order valence-corrected chi connectivity index (χ4v) is 1.37. The predicted molar refractivity (Wildman–Crippen MR) is 57.4 cm³/mol. The quantitative estimate of drug-likeness (QED) is 0.711. The van der Waals surface area contributed by atoms with Crippen LogP contribution in [0.15, 0.2) is 35.4 Å². The Balaban J connectivity index is 2.34. The molecule has 5 nitrogen and oxygen atoms in total. The van der Waals surface area contributed by atoms with Crippen molar-refractivity contribution < 1.29 is 0 Å². The highest BCUT2D eigenvalue weighted by Gasteiger charge is 2.04. The number of nitrogens with two attached hydrogens (primary N) is 1. The van der Waals surface area contributed by atoms with E-state index >= 15 is 0 Å². The molecule has 1 heterocycles. The molecule has 1 aromatic heterocycles. The van der Waals surface area contributed by atoms with Gasteiger partial charge in [0, 0.05) is 12.7 Å². The van der Waals surface area contributed by atoms with E-state index in [4.69, 9.17) is 5.73 Å². The van der Waals surface area contributed by atoms with Gasteiger partial charge in [0.25, 0.3) is 0 Å². The van der Waals surface area contributed by atoms with Crippen LogP contribution in [0.5, 0.6) is 0 Å². The third-order valence-corrected chi connectivity index (χ3v) is 2.26. The van der Waals surface area contributed by atoms with Crippen LogP contribution in [-0.4, -0.2) is 14.3 Å². The van der Waals surface area contributed by atoms with Gasteiger partial charge in [0.05, 0.1) is 6.54 Å². The molecule has 5 heteroatoms. The van der Waals surface area contributed by atoms with Gasteiger partial charge in [0.2, 0.25) is 0 Å². The molecule has 2 rings (SSSR count). The van der Waals surface area contributed by atoms with E-state index < -0.39 is 0 Å². The molecule has 0 unspecified atom stereocenters. The highest BCUT2D eigenvalue weighted by atomic mass is 16.2. The Bertz CT molecular complexity index is 526. The first-order chi connectivity index (χ1) is 7.18. The molecular formula is C10H12N4O. The van der Waals surface area contributed by atoms with E-state index in [1.54, 1.807) is 7.05 Å². The maximum absolute atomic E-state index is 11.5. The zero-order chi connectivity index (χ0) is 10.8. The Labute approximate surface area is 86.8 Å². The average molecular weight is 204 g/mol. The first-order valence-electron chi connectivity index (χ1n) is 4.60. The molecule has 0 saturated heterocycles. The maximum atomic E-state index is 11.5. The monoisotopic (exact) mass is 204 g/mol. The van der Waals surface area contributed by atoms with Crippen LogP contribution < -0.4 is 11.4 Å². The number of hydrogen-bond acceptors (Lipinski definition) is 3. The molecule has 0 aliphatic carbocycles. The zero-order valence-corrected chi connectivity index (χ0v) is 8.42. The first kappa shape index (κ1) is 9.51. The lowest BCUT2D eigenvalue weighted by Crippen LogP contribution is -2.23. The molecular weight excluding hydrogens is 192 g/mol. The summed E-state index contributed by atoms with van der Waals surface area (Å²) < 4.78 is 2.81. The van der Waals surface area contributed by atoms with Gasteiger partial charge in [0.1, 0.15) is 6.33 Å². The van der Waals surface area contributed by atoms with Crippen molar-refractivity contribution in [3.8, 4) is 0 Å². The summed E-state index contributed by atoms with van der Waals surface area (Å²) in [6, 6.07) is 7.44. The Kier molecular flexibility index (Phi) is 2.29. The van der Waals surface area contributed by atoms with Crippen molar-refractivity contribution in [3.05, 3.63) is 46.6 Å². The third kappa shape index (κ3) is 1.76. The second kappa shape index (κ2) is 3.61. The van der Waals surface area contributed by atoms with Gasteiger partial charge in [-0.2, -0.15) is 5.10 Å². The Morgan fingerprint density at radius 3 is 2.73 bits per heavy atom. The number of hydrogen-bond donors (Lipinski definition) is 1. The Hall–Kier alpha value is -2.04. The minimum atomic E-state index is -0.141. The van der Waals surface area contributed by atoms with Crippen molar-refractivity contribution in [2.24, 2.45) is 7.05 Å². The van der Waals surface area contributed by atoms with Crippen LogP contribution in [0.4, 0.5) is 5.69 Å². The smallest absolute Gasteiger partial charge is 0.345 e. The van der Waals surface area contributed by atoms with Gasteiger partial charge < -0.3 is 5.73 Å². The second-order valence-corrected chi connectivity index (χ2v) is 3.38. The van der Waals surface area contributed by atoms with Crippen LogP contribution in [0.25, 0.3) is 0 Å². The van der Waals surface area contributed by atoms with E-state index in [2.05, 4.69) is 5.10 Å². The van der Waals surface area contributed by atoms with Gasteiger partial charge in [-0.25, -0.2) is 9.48 Å². The average Bonchev–Trinajstić information content (AvgIpc) is 2.53. The Morgan fingerprint density at radius 2 is 2.13 bits per heavy atom. The van der Waals surface area contributed by atoms with Crippen LogP contribution in [0.1, 0.15) is 5.56 Å². The fraction of sp³-hybridized carbons (Fsp3) is 0.200. The molecule has 0 saturated carbocycles. The SMILES string of the molecule is Cn1cnn(Cc2ccccc2N)c1=O. The van der Waals surface area contributed by atoms with Gasteiger partial charge in [-0.05, 0) is 11.6 Å². The van der Waals surface area contributed by atoms with Crippen LogP contribution in [0.2, 0.25) is 0 Å². The summed E-state index contributed by atoms with van der Waals surface area (Å²) in [4.78, 5) is 11.5. The minimum absolute atomic E-state index is 0.141. The van der Waals surface area contributed by atoms with Crippen LogP contribution in [0.3, 0.4) is 0 Å². The molecule has 2 aromatic rings. The topological polar surface area (TPSA) is 65.8 Å². The minimum Gasteiger partial charge on any atom is -0.398 e. The van der Waals surface area contributed by atoms with Gasteiger partial charge in [0.15, 0.2) is 0 Å². The van der Waals surface area contributed by atoms with Crippen LogP contribution >= 0.6 is 0 Å². The summed E-state index contributed by atoms with van der Waals surface area (Å²) in [6.45, 7) is 0.409.